The van der Waals surface area contributed by atoms with Crippen LogP contribution in [-0.4, -0.2) is 32.4 Å². The third kappa shape index (κ3) is 4.28. The number of carbonyl (C=O) groups excluding carboxylic acids is 2. The molecule has 156 valence electrons. The molecule has 0 bridgehead atoms. The highest BCUT2D eigenvalue weighted by atomic mass is 16.5. The molecular weight excluding hydrogens is 396 g/mol. The summed E-state index contributed by atoms with van der Waals surface area (Å²) >= 11 is 0. The first-order chi connectivity index (χ1) is 15.1. The molecule has 1 heterocycles. The molecule has 3 aromatic rings. The zero-order valence-corrected chi connectivity index (χ0v) is 17.1. The van der Waals surface area contributed by atoms with Gasteiger partial charge in [-0.05, 0) is 48.5 Å². The van der Waals surface area contributed by atoms with Crippen LogP contribution < -0.4 is 18.9 Å². The van der Waals surface area contributed by atoms with Crippen molar-refractivity contribution in [2.45, 2.75) is 0 Å². The van der Waals surface area contributed by atoms with Crippen molar-refractivity contribution in [3.63, 3.8) is 0 Å². The number of ether oxygens (including phenoxy) is 4. The van der Waals surface area contributed by atoms with E-state index in [-0.39, 0.29) is 23.9 Å². The van der Waals surface area contributed by atoms with Gasteiger partial charge >= 0.3 is 0 Å². The minimum Gasteiger partial charge on any atom is -0.497 e. The van der Waals surface area contributed by atoms with Gasteiger partial charge in [0.15, 0.2) is 18.1 Å². The maximum absolute atomic E-state index is 12.7. The van der Waals surface area contributed by atoms with Gasteiger partial charge in [0, 0.05) is 17.2 Å². The van der Waals surface area contributed by atoms with Crippen LogP contribution in [0.2, 0.25) is 0 Å². The highest BCUT2D eigenvalue weighted by Gasteiger charge is 2.28. The molecule has 0 aromatic heterocycles. The summed E-state index contributed by atoms with van der Waals surface area (Å²) in [6.45, 7) is -0.136. The van der Waals surface area contributed by atoms with Crippen LogP contribution in [0.15, 0.2) is 72.5 Å². The molecule has 0 saturated heterocycles. The summed E-state index contributed by atoms with van der Waals surface area (Å²) in [5.74, 6) is 1.95. The van der Waals surface area contributed by atoms with Crippen LogP contribution >= 0.6 is 0 Å². The third-order valence-corrected chi connectivity index (χ3v) is 4.85. The lowest BCUT2D eigenvalue weighted by Crippen LogP contribution is -2.11. The number of carbonyl (C=O) groups is 2. The number of hydrogen-bond acceptors (Lipinski definition) is 6. The second kappa shape index (κ2) is 8.75. The SMILES string of the molecule is COc1ccc(C(=O)COc2ccc3c(c2)OC(=Cc2ccccc2OC)C3=O)cc1. The molecule has 1 aliphatic rings. The monoisotopic (exact) mass is 416 g/mol. The van der Waals surface area contributed by atoms with Crippen molar-refractivity contribution in [3.8, 4) is 23.0 Å². The van der Waals surface area contributed by atoms with Gasteiger partial charge < -0.3 is 18.9 Å². The summed E-state index contributed by atoms with van der Waals surface area (Å²) < 4.78 is 21.8. The van der Waals surface area contributed by atoms with Crippen LogP contribution in [0, 0.1) is 0 Å². The smallest absolute Gasteiger partial charge is 0.231 e. The molecule has 0 fully saturated rings. The third-order valence-electron chi connectivity index (χ3n) is 4.85. The number of para-hydroxylation sites is 1. The summed E-state index contributed by atoms with van der Waals surface area (Å²) in [4.78, 5) is 25.0. The molecule has 0 aliphatic carbocycles. The number of benzene rings is 3. The zero-order chi connectivity index (χ0) is 21.8. The van der Waals surface area contributed by atoms with Gasteiger partial charge in [0.1, 0.15) is 23.0 Å². The van der Waals surface area contributed by atoms with E-state index in [1.165, 1.54) is 0 Å². The Kier molecular flexibility index (Phi) is 5.71. The molecule has 6 nitrogen and oxygen atoms in total. The van der Waals surface area contributed by atoms with E-state index < -0.39 is 0 Å². The van der Waals surface area contributed by atoms with Crippen molar-refractivity contribution < 1.29 is 28.5 Å². The Labute approximate surface area is 179 Å². The van der Waals surface area contributed by atoms with E-state index in [1.54, 1.807) is 62.8 Å². The van der Waals surface area contributed by atoms with Gasteiger partial charge in [-0.1, -0.05) is 18.2 Å². The number of rotatable bonds is 7. The van der Waals surface area contributed by atoms with Crippen LogP contribution in [0.1, 0.15) is 26.3 Å². The average Bonchev–Trinajstić information content (AvgIpc) is 3.12. The minimum absolute atomic E-state index is 0.136. The Balaban J connectivity index is 1.47. The quantitative estimate of drug-likeness (QED) is 0.415. The first-order valence-corrected chi connectivity index (χ1v) is 9.60. The summed E-state index contributed by atoms with van der Waals surface area (Å²) in [5.41, 5.74) is 1.70. The summed E-state index contributed by atoms with van der Waals surface area (Å²) in [6.07, 6.45) is 1.65. The van der Waals surface area contributed by atoms with Gasteiger partial charge in [-0.2, -0.15) is 0 Å². The Bertz CT molecular complexity index is 1160. The maximum atomic E-state index is 12.7. The second-order valence-electron chi connectivity index (χ2n) is 6.78. The average molecular weight is 416 g/mol. The van der Waals surface area contributed by atoms with E-state index in [4.69, 9.17) is 18.9 Å². The van der Waals surface area contributed by atoms with Crippen molar-refractivity contribution in [1.82, 2.24) is 0 Å². The number of methoxy groups -OCH3 is 2. The first kappa shape index (κ1) is 20.2. The molecule has 0 atom stereocenters. The predicted molar refractivity (Wildman–Crippen MR) is 115 cm³/mol. The van der Waals surface area contributed by atoms with Gasteiger partial charge in [-0.25, -0.2) is 0 Å². The van der Waals surface area contributed by atoms with Crippen molar-refractivity contribution in [2.75, 3.05) is 20.8 Å². The Morgan fingerprint density at radius 1 is 0.935 bits per heavy atom. The number of allylic oxidation sites excluding steroid dienone is 1. The lowest BCUT2D eigenvalue weighted by atomic mass is 10.1. The molecule has 0 N–H and O–H groups in total. The van der Waals surface area contributed by atoms with Gasteiger partial charge in [0.2, 0.25) is 5.78 Å². The van der Waals surface area contributed by atoms with Crippen LogP contribution in [0.25, 0.3) is 6.08 Å². The van der Waals surface area contributed by atoms with Crippen molar-refractivity contribution >= 4 is 17.6 Å². The zero-order valence-electron chi connectivity index (χ0n) is 17.1. The van der Waals surface area contributed by atoms with E-state index in [0.29, 0.717) is 34.1 Å². The van der Waals surface area contributed by atoms with Gasteiger partial charge in [-0.3, -0.25) is 9.59 Å². The standard InChI is InChI=1S/C25H20O6/c1-28-18-9-7-16(8-10-18)21(26)15-30-19-11-12-20-23(14-19)31-24(25(20)27)13-17-5-3-4-6-22(17)29-2/h3-14H,15H2,1-2H3. The van der Waals surface area contributed by atoms with Crippen LogP contribution in [0.5, 0.6) is 23.0 Å². The minimum atomic E-state index is -0.221. The van der Waals surface area contributed by atoms with Gasteiger partial charge in [0.05, 0.1) is 19.8 Å². The van der Waals surface area contributed by atoms with E-state index in [2.05, 4.69) is 0 Å². The summed E-state index contributed by atoms with van der Waals surface area (Å²) in [5, 5.41) is 0. The number of ketones is 2. The van der Waals surface area contributed by atoms with E-state index in [0.717, 1.165) is 5.56 Å². The highest BCUT2D eigenvalue weighted by molar-refractivity contribution is 6.14. The molecule has 6 heteroatoms. The van der Waals surface area contributed by atoms with Gasteiger partial charge in [0.25, 0.3) is 0 Å². The lowest BCUT2D eigenvalue weighted by Gasteiger charge is -2.07. The molecule has 0 saturated carbocycles. The molecule has 4 rings (SSSR count). The van der Waals surface area contributed by atoms with Gasteiger partial charge in [-0.15, -0.1) is 0 Å². The van der Waals surface area contributed by atoms with Crippen LogP contribution in [-0.2, 0) is 0 Å². The molecule has 0 unspecified atom stereocenters. The molecule has 0 spiro atoms. The van der Waals surface area contributed by atoms with Crippen LogP contribution in [0.4, 0.5) is 0 Å². The topological polar surface area (TPSA) is 71.1 Å². The molecule has 0 amide bonds. The van der Waals surface area contributed by atoms with E-state index >= 15 is 0 Å². The Morgan fingerprint density at radius 3 is 2.42 bits per heavy atom. The van der Waals surface area contributed by atoms with E-state index in [1.807, 2.05) is 24.3 Å². The number of hydrogen-bond donors (Lipinski definition) is 0. The molecule has 3 aromatic carbocycles. The Hall–Kier alpha value is -4.06. The Morgan fingerprint density at radius 2 is 1.68 bits per heavy atom. The fourth-order valence-electron chi connectivity index (χ4n) is 3.19. The van der Waals surface area contributed by atoms with E-state index in [9.17, 15) is 9.59 Å². The first-order valence-electron chi connectivity index (χ1n) is 9.60. The molecule has 31 heavy (non-hydrogen) atoms. The maximum Gasteiger partial charge on any atom is 0.231 e. The van der Waals surface area contributed by atoms with Crippen molar-refractivity contribution in [2.24, 2.45) is 0 Å². The molecule has 0 radical (unpaired) electrons. The largest absolute Gasteiger partial charge is 0.497 e. The normalized spacial score (nSPS) is 13.5. The number of Topliss-reactive ketones (excluding diaryl/α,β-unsaturated/α-hetero) is 2. The fourth-order valence-corrected chi connectivity index (χ4v) is 3.19. The second-order valence-corrected chi connectivity index (χ2v) is 6.78. The van der Waals surface area contributed by atoms with Crippen molar-refractivity contribution in [3.05, 3.63) is 89.2 Å². The fraction of sp³-hybridized carbons (Fsp3) is 0.120. The highest BCUT2D eigenvalue weighted by Crippen LogP contribution is 2.35. The molecular formula is C25H20O6. The summed E-state index contributed by atoms with van der Waals surface area (Å²) in [6, 6.07) is 19.1. The number of fused-ring (bicyclic) bond motifs is 1. The molecule has 1 aliphatic heterocycles. The summed E-state index contributed by atoms with van der Waals surface area (Å²) in [7, 11) is 3.14. The van der Waals surface area contributed by atoms with Crippen molar-refractivity contribution in [1.29, 1.82) is 0 Å². The van der Waals surface area contributed by atoms with Crippen LogP contribution in [0.3, 0.4) is 0 Å². The lowest BCUT2D eigenvalue weighted by molar-refractivity contribution is 0.0920. The predicted octanol–water partition coefficient (Wildman–Crippen LogP) is 4.58.